The van der Waals surface area contributed by atoms with E-state index < -0.39 is 6.10 Å². The fourth-order valence-corrected chi connectivity index (χ4v) is 1.75. The first-order valence-corrected chi connectivity index (χ1v) is 5.30. The van der Waals surface area contributed by atoms with Crippen LogP contribution in [0.2, 0.25) is 0 Å². The topological polar surface area (TPSA) is 55.5 Å². The van der Waals surface area contributed by atoms with Gasteiger partial charge >= 0.3 is 0 Å². The van der Waals surface area contributed by atoms with Crippen LogP contribution in [0.15, 0.2) is 24.3 Å². The van der Waals surface area contributed by atoms with Crippen molar-refractivity contribution in [3.05, 3.63) is 29.8 Å². The fraction of sp³-hybridized carbons (Fsp3) is 0.500. The van der Waals surface area contributed by atoms with E-state index in [1.165, 1.54) is 0 Å². The zero-order valence-corrected chi connectivity index (χ0v) is 10.1. The molecule has 0 spiro atoms. The molecule has 16 heavy (non-hydrogen) atoms. The van der Waals surface area contributed by atoms with Crippen LogP contribution >= 0.6 is 12.4 Å². The third-order valence-electron chi connectivity index (χ3n) is 2.97. The van der Waals surface area contributed by atoms with Crippen LogP contribution in [0.3, 0.4) is 0 Å². The van der Waals surface area contributed by atoms with Gasteiger partial charge in [-0.05, 0) is 36.5 Å². The first-order chi connectivity index (χ1) is 7.22. The number of nitrogens with two attached hydrogens (primary N) is 1. The molecule has 1 fully saturated rings. The molecule has 3 N–H and O–H groups in total. The summed E-state index contributed by atoms with van der Waals surface area (Å²) in [4.78, 5) is 0. The molecule has 0 aromatic heterocycles. The van der Waals surface area contributed by atoms with Gasteiger partial charge in [-0.15, -0.1) is 12.4 Å². The third kappa shape index (κ3) is 2.88. The molecule has 2 atom stereocenters. The highest BCUT2D eigenvalue weighted by Crippen LogP contribution is 2.37. The molecule has 4 heteroatoms. The van der Waals surface area contributed by atoms with Gasteiger partial charge in [0, 0.05) is 0 Å². The van der Waals surface area contributed by atoms with E-state index >= 15 is 0 Å². The molecular weight excluding hydrogens is 226 g/mol. The lowest BCUT2D eigenvalue weighted by Gasteiger charge is -2.18. The van der Waals surface area contributed by atoms with E-state index in [-0.39, 0.29) is 18.4 Å². The molecule has 90 valence electrons. The molecule has 1 aliphatic rings. The second-order valence-corrected chi connectivity index (χ2v) is 4.13. The Labute approximate surface area is 102 Å². The molecule has 1 aromatic carbocycles. The molecular formula is C12H18ClNO2. The molecule has 0 saturated heterocycles. The zero-order chi connectivity index (χ0) is 10.8. The summed E-state index contributed by atoms with van der Waals surface area (Å²) in [5.74, 6) is 1.22. The van der Waals surface area contributed by atoms with Gasteiger partial charge in [-0.3, -0.25) is 0 Å². The lowest BCUT2D eigenvalue weighted by atomic mass is 9.99. The van der Waals surface area contributed by atoms with Crippen LogP contribution < -0.4 is 10.5 Å². The summed E-state index contributed by atoms with van der Waals surface area (Å²) >= 11 is 0. The van der Waals surface area contributed by atoms with E-state index in [0.29, 0.717) is 5.92 Å². The van der Waals surface area contributed by atoms with Gasteiger partial charge < -0.3 is 15.6 Å². The lowest BCUT2D eigenvalue weighted by Crippen LogP contribution is -2.27. The number of aliphatic hydroxyl groups excluding tert-OH is 1. The average molecular weight is 244 g/mol. The molecule has 0 unspecified atom stereocenters. The quantitative estimate of drug-likeness (QED) is 0.849. The Balaban J connectivity index is 0.00000128. The first kappa shape index (κ1) is 13.3. The molecule has 1 saturated carbocycles. The smallest absolute Gasteiger partial charge is 0.118 e. The Morgan fingerprint density at radius 2 is 1.88 bits per heavy atom. The standard InChI is InChI=1S/C12H17NO2.ClH/c1-15-10-6-4-8(5-7-10)11(13)12(14)9-2-3-9;/h4-7,9,11-12,14H,2-3,13H2,1H3;1H/t11-,12+;/m1./s1. The van der Waals surface area contributed by atoms with Crippen molar-refractivity contribution in [2.24, 2.45) is 11.7 Å². The zero-order valence-electron chi connectivity index (χ0n) is 9.30. The van der Waals surface area contributed by atoms with E-state index in [0.717, 1.165) is 24.2 Å². The molecule has 0 bridgehead atoms. The van der Waals surface area contributed by atoms with Crippen LogP contribution in [-0.4, -0.2) is 18.3 Å². The van der Waals surface area contributed by atoms with Crippen LogP contribution in [-0.2, 0) is 0 Å². The number of hydrogen-bond acceptors (Lipinski definition) is 3. The first-order valence-electron chi connectivity index (χ1n) is 5.30. The summed E-state index contributed by atoms with van der Waals surface area (Å²) in [6.45, 7) is 0. The molecule has 2 rings (SSSR count). The van der Waals surface area contributed by atoms with Gasteiger partial charge in [0.05, 0.1) is 19.3 Å². The summed E-state index contributed by atoms with van der Waals surface area (Å²) in [5.41, 5.74) is 6.95. The predicted octanol–water partition coefficient (Wildman–Crippen LogP) is 1.89. The maximum absolute atomic E-state index is 9.88. The highest BCUT2D eigenvalue weighted by atomic mass is 35.5. The van der Waals surface area contributed by atoms with Crippen molar-refractivity contribution in [2.45, 2.75) is 25.0 Å². The van der Waals surface area contributed by atoms with Crippen molar-refractivity contribution in [1.82, 2.24) is 0 Å². The monoisotopic (exact) mass is 243 g/mol. The summed E-state index contributed by atoms with van der Waals surface area (Å²) in [7, 11) is 1.63. The SMILES string of the molecule is COc1ccc([C@@H](N)[C@@H](O)C2CC2)cc1.Cl. The Morgan fingerprint density at radius 1 is 1.31 bits per heavy atom. The van der Waals surface area contributed by atoms with Gasteiger partial charge in [0.15, 0.2) is 0 Å². The Kier molecular flexibility index (Phi) is 4.59. The minimum Gasteiger partial charge on any atom is -0.497 e. The van der Waals surface area contributed by atoms with Gasteiger partial charge in [-0.2, -0.15) is 0 Å². The van der Waals surface area contributed by atoms with Gasteiger partial charge in [0.2, 0.25) is 0 Å². The van der Waals surface area contributed by atoms with Crippen molar-refractivity contribution in [1.29, 1.82) is 0 Å². The van der Waals surface area contributed by atoms with E-state index in [2.05, 4.69) is 0 Å². The van der Waals surface area contributed by atoms with Crippen LogP contribution in [0.1, 0.15) is 24.4 Å². The third-order valence-corrected chi connectivity index (χ3v) is 2.97. The molecule has 0 radical (unpaired) electrons. The number of hydrogen-bond donors (Lipinski definition) is 2. The minimum absolute atomic E-state index is 0. The average Bonchev–Trinajstić information content (AvgIpc) is 3.11. The highest BCUT2D eigenvalue weighted by molar-refractivity contribution is 5.85. The molecule has 1 aliphatic carbocycles. The molecule has 3 nitrogen and oxygen atoms in total. The van der Waals surface area contributed by atoms with E-state index in [1.54, 1.807) is 7.11 Å². The summed E-state index contributed by atoms with van der Waals surface area (Å²) in [5, 5.41) is 9.88. The van der Waals surface area contributed by atoms with Gasteiger partial charge in [0.25, 0.3) is 0 Å². The van der Waals surface area contributed by atoms with Gasteiger partial charge in [-0.25, -0.2) is 0 Å². The number of aliphatic hydroxyl groups is 1. The fourth-order valence-electron chi connectivity index (χ4n) is 1.75. The van der Waals surface area contributed by atoms with Crippen molar-refractivity contribution in [3.63, 3.8) is 0 Å². The summed E-state index contributed by atoms with van der Waals surface area (Å²) in [6, 6.07) is 7.29. The van der Waals surface area contributed by atoms with E-state index in [9.17, 15) is 5.11 Å². The van der Waals surface area contributed by atoms with E-state index in [1.807, 2.05) is 24.3 Å². The van der Waals surface area contributed by atoms with Crippen molar-refractivity contribution in [2.75, 3.05) is 7.11 Å². The Morgan fingerprint density at radius 3 is 2.31 bits per heavy atom. The van der Waals surface area contributed by atoms with Gasteiger partial charge in [0.1, 0.15) is 5.75 Å². The number of halogens is 1. The Hall–Kier alpha value is -0.770. The minimum atomic E-state index is -0.404. The second kappa shape index (κ2) is 5.53. The van der Waals surface area contributed by atoms with E-state index in [4.69, 9.17) is 10.5 Å². The largest absolute Gasteiger partial charge is 0.497 e. The maximum atomic E-state index is 9.88. The second-order valence-electron chi connectivity index (χ2n) is 4.13. The summed E-state index contributed by atoms with van der Waals surface area (Å²) in [6.07, 6.45) is 1.80. The normalized spacial score (nSPS) is 18.4. The van der Waals surface area contributed by atoms with Crippen molar-refractivity contribution in [3.8, 4) is 5.75 Å². The van der Waals surface area contributed by atoms with Crippen LogP contribution in [0.4, 0.5) is 0 Å². The van der Waals surface area contributed by atoms with Crippen LogP contribution in [0, 0.1) is 5.92 Å². The van der Waals surface area contributed by atoms with Crippen LogP contribution in [0.5, 0.6) is 5.75 Å². The summed E-state index contributed by atoms with van der Waals surface area (Å²) < 4.78 is 5.07. The van der Waals surface area contributed by atoms with Crippen molar-refractivity contribution >= 4 is 12.4 Å². The number of ether oxygens (including phenoxy) is 1. The molecule has 0 heterocycles. The molecule has 1 aromatic rings. The predicted molar refractivity (Wildman–Crippen MR) is 65.9 cm³/mol. The van der Waals surface area contributed by atoms with Crippen molar-refractivity contribution < 1.29 is 9.84 Å². The maximum Gasteiger partial charge on any atom is 0.118 e. The van der Waals surface area contributed by atoms with Gasteiger partial charge in [-0.1, -0.05) is 12.1 Å². The van der Waals surface area contributed by atoms with Crippen LogP contribution in [0.25, 0.3) is 0 Å². The highest BCUT2D eigenvalue weighted by Gasteiger charge is 2.34. The molecule has 0 aliphatic heterocycles. The lowest BCUT2D eigenvalue weighted by molar-refractivity contribution is 0.122. The number of benzene rings is 1. The number of rotatable bonds is 4. The number of methoxy groups -OCH3 is 1. The Bertz CT molecular complexity index is 324. The molecule has 0 amide bonds.